The Labute approximate surface area is 180 Å². The van der Waals surface area contributed by atoms with Gasteiger partial charge in [0, 0.05) is 37.1 Å². The number of nitrogens with one attached hydrogen (secondary N) is 1. The minimum Gasteiger partial charge on any atom is -0.347 e. The van der Waals surface area contributed by atoms with E-state index in [4.69, 9.17) is 9.97 Å². The molecule has 0 fully saturated rings. The molecule has 4 aromatic heterocycles. The van der Waals surface area contributed by atoms with Crippen LogP contribution in [0.2, 0.25) is 0 Å². The maximum atomic E-state index is 14.3. The quantitative estimate of drug-likeness (QED) is 0.471. The number of halogens is 2. The van der Waals surface area contributed by atoms with Crippen molar-refractivity contribution >= 4 is 16.9 Å². The summed E-state index contributed by atoms with van der Waals surface area (Å²) in [6.07, 6.45) is 8.58. The van der Waals surface area contributed by atoms with Crippen molar-refractivity contribution in [2.45, 2.75) is 13.1 Å². The summed E-state index contributed by atoms with van der Waals surface area (Å²) in [4.78, 5) is 20.3. The molecule has 0 saturated carbocycles. The topological polar surface area (TPSA) is 88.4 Å². The lowest BCUT2D eigenvalue weighted by molar-refractivity contribution is 0.564. The molecule has 32 heavy (non-hydrogen) atoms. The highest BCUT2D eigenvalue weighted by molar-refractivity contribution is 5.82. The number of hydrogen-bond acceptors (Lipinski definition) is 6. The minimum atomic E-state index is -0.628. The predicted molar refractivity (Wildman–Crippen MR) is 114 cm³/mol. The number of pyridine rings is 1. The molecule has 5 aromatic rings. The fraction of sp³-hybridized carbons (Fsp3) is 0.136. The van der Waals surface area contributed by atoms with Crippen LogP contribution in [-0.2, 0) is 13.1 Å². The van der Waals surface area contributed by atoms with Crippen molar-refractivity contribution < 1.29 is 8.78 Å². The number of fused-ring (bicyclic) bond motifs is 2. The average Bonchev–Trinajstić information content (AvgIpc) is 3.48. The summed E-state index contributed by atoms with van der Waals surface area (Å²) in [5, 5.41) is 6.87. The molecule has 0 radical (unpaired) electrons. The van der Waals surface area contributed by atoms with Gasteiger partial charge in [0.2, 0.25) is 0 Å². The fourth-order valence-corrected chi connectivity index (χ4v) is 4.04. The van der Waals surface area contributed by atoms with Gasteiger partial charge < -0.3 is 9.47 Å². The Balaban J connectivity index is 1.41. The first-order valence-corrected chi connectivity index (χ1v) is 10.0. The summed E-state index contributed by atoms with van der Waals surface area (Å²) in [7, 11) is 0. The van der Waals surface area contributed by atoms with Crippen LogP contribution in [0.25, 0.3) is 33.7 Å². The first kappa shape index (κ1) is 18.6. The second-order valence-electron chi connectivity index (χ2n) is 7.52. The highest BCUT2D eigenvalue weighted by Crippen LogP contribution is 2.33. The van der Waals surface area contributed by atoms with Crippen LogP contribution in [0.15, 0.2) is 55.2 Å². The molecule has 0 amide bonds. The van der Waals surface area contributed by atoms with Gasteiger partial charge in [0.25, 0.3) is 0 Å². The van der Waals surface area contributed by atoms with Gasteiger partial charge in [-0.15, -0.1) is 0 Å². The SMILES string of the molecule is Fc1ccc(-c2ncc3n2CCN(c2nc4ccncc4nc2-c2cn[nH]c2)C3)c(F)c1. The van der Waals surface area contributed by atoms with Gasteiger partial charge in [-0.05, 0) is 18.2 Å². The van der Waals surface area contributed by atoms with Crippen molar-refractivity contribution in [2.24, 2.45) is 0 Å². The third-order valence-corrected chi connectivity index (χ3v) is 5.58. The third kappa shape index (κ3) is 2.99. The van der Waals surface area contributed by atoms with Crippen molar-refractivity contribution in [3.8, 4) is 22.6 Å². The average molecular weight is 430 g/mol. The molecule has 0 aliphatic carbocycles. The second-order valence-corrected chi connectivity index (χ2v) is 7.52. The second kappa shape index (κ2) is 7.19. The maximum absolute atomic E-state index is 14.3. The number of imidazole rings is 1. The van der Waals surface area contributed by atoms with Crippen LogP contribution in [0.4, 0.5) is 14.6 Å². The van der Waals surface area contributed by atoms with Gasteiger partial charge in [0.05, 0.1) is 41.9 Å². The van der Waals surface area contributed by atoms with E-state index in [0.29, 0.717) is 36.7 Å². The summed E-state index contributed by atoms with van der Waals surface area (Å²) in [5.74, 6) is -0.0216. The smallest absolute Gasteiger partial charge is 0.156 e. The van der Waals surface area contributed by atoms with Crippen LogP contribution in [-0.4, -0.2) is 41.2 Å². The monoisotopic (exact) mass is 430 g/mol. The zero-order valence-electron chi connectivity index (χ0n) is 16.7. The molecule has 0 bridgehead atoms. The maximum Gasteiger partial charge on any atom is 0.156 e. The zero-order chi connectivity index (χ0) is 21.7. The Kier molecular flexibility index (Phi) is 4.17. The lowest BCUT2D eigenvalue weighted by Gasteiger charge is -2.31. The van der Waals surface area contributed by atoms with E-state index in [-0.39, 0.29) is 5.56 Å². The van der Waals surface area contributed by atoms with E-state index in [1.807, 2.05) is 10.6 Å². The minimum absolute atomic E-state index is 0.281. The lowest BCUT2D eigenvalue weighted by atomic mass is 10.1. The largest absolute Gasteiger partial charge is 0.347 e. The Morgan fingerprint density at radius 2 is 1.91 bits per heavy atom. The van der Waals surface area contributed by atoms with Crippen LogP contribution in [0.3, 0.4) is 0 Å². The molecule has 0 unspecified atom stereocenters. The fourth-order valence-electron chi connectivity index (χ4n) is 4.04. The summed E-state index contributed by atoms with van der Waals surface area (Å²) in [6.45, 7) is 1.71. The molecule has 1 aliphatic rings. The van der Waals surface area contributed by atoms with Gasteiger partial charge in [-0.1, -0.05) is 0 Å². The van der Waals surface area contributed by atoms with E-state index in [1.165, 1.54) is 12.1 Å². The molecule has 0 atom stereocenters. The molecule has 1 aromatic carbocycles. The van der Waals surface area contributed by atoms with Crippen molar-refractivity contribution in [2.75, 3.05) is 11.4 Å². The Morgan fingerprint density at radius 1 is 0.969 bits per heavy atom. The molecule has 6 rings (SSSR count). The molecular formula is C22H16F2N8. The lowest BCUT2D eigenvalue weighted by Crippen LogP contribution is -2.34. The third-order valence-electron chi connectivity index (χ3n) is 5.58. The molecule has 1 N–H and O–H groups in total. The van der Waals surface area contributed by atoms with Gasteiger partial charge >= 0.3 is 0 Å². The number of benzene rings is 1. The molecule has 5 heterocycles. The normalized spacial score (nSPS) is 13.5. The predicted octanol–water partition coefficient (Wildman–Crippen LogP) is 3.58. The van der Waals surface area contributed by atoms with Crippen LogP contribution in [0.5, 0.6) is 0 Å². The standard InChI is InChI=1S/C22H16F2N8/c23-14-1-2-16(17(24)7-14)21-26-10-15-12-31(5-6-32(15)21)22-20(13-8-27-28-9-13)29-19-11-25-4-3-18(19)30-22/h1-4,7-11H,5-6,12H2,(H,27,28). The number of hydrogen-bond donors (Lipinski definition) is 1. The highest BCUT2D eigenvalue weighted by atomic mass is 19.1. The van der Waals surface area contributed by atoms with Gasteiger partial charge in [-0.2, -0.15) is 5.10 Å². The molecule has 0 saturated heterocycles. The first-order valence-electron chi connectivity index (χ1n) is 10.0. The van der Waals surface area contributed by atoms with Crippen LogP contribution in [0, 0.1) is 11.6 Å². The van der Waals surface area contributed by atoms with Crippen molar-refractivity contribution in [1.29, 1.82) is 0 Å². The van der Waals surface area contributed by atoms with Gasteiger partial charge in [-0.3, -0.25) is 10.1 Å². The van der Waals surface area contributed by atoms with E-state index in [0.717, 1.165) is 28.7 Å². The van der Waals surface area contributed by atoms with Crippen LogP contribution < -0.4 is 4.90 Å². The van der Waals surface area contributed by atoms with Gasteiger partial charge in [0.15, 0.2) is 5.82 Å². The van der Waals surface area contributed by atoms with Crippen molar-refractivity contribution in [3.05, 3.63) is 72.6 Å². The van der Waals surface area contributed by atoms with E-state index < -0.39 is 11.6 Å². The number of nitrogens with zero attached hydrogens (tertiary/aromatic N) is 7. The first-order chi connectivity index (χ1) is 15.7. The Bertz CT molecular complexity index is 1440. The van der Waals surface area contributed by atoms with Crippen LogP contribution >= 0.6 is 0 Å². The number of aromatic nitrogens is 7. The van der Waals surface area contributed by atoms with E-state index >= 15 is 0 Å². The molecule has 0 spiro atoms. The number of rotatable bonds is 3. The Morgan fingerprint density at radius 3 is 2.75 bits per heavy atom. The Hall–Kier alpha value is -4.21. The highest BCUT2D eigenvalue weighted by Gasteiger charge is 2.25. The van der Waals surface area contributed by atoms with Crippen molar-refractivity contribution in [3.63, 3.8) is 0 Å². The van der Waals surface area contributed by atoms with Crippen LogP contribution in [0.1, 0.15) is 5.69 Å². The summed E-state index contributed by atoms with van der Waals surface area (Å²) in [5.41, 5.74) is 4.16. The van der Waals surface area contributed by atoms with Gasteiger partial charge in [-0.25, -0.2) is 23.7 Å². The summed E-state index contributed by atoms with van der Waals surface area (Å²) in [6, 6.07) is 5.37. The summed E-state index contributed by atoms with van der Waals surface area (Å²) < 4.78 is 29.6. The number of anilines is 1. The molecule has 158 valence electrons. The summed E-state index contributed by atoms with van der Waals surface area (Å²) >= 11 is 0. The number of H-pyrrole nitrogens is 1. The molecular weight excluding hydrogens is 414 g/mol. The molecule has 1 aliphatic heterocycles. The molecule has 8 nitrogen and oxygen atoms in total. The van der Waals surface area contributed by atoms with E-state index in [9.17, 15) is 8.78 Å². The molecule has 10 heteroatoms. The zero-order valence-corrected chi connectivity index (χ0v) is 16.7. The van der Waals surface area contributed by atoms with Crippen molar-refractivity contribution in [1.82, 2.24) is 34.7 Å². The van der Waals surface area contributed by atoms with Gasteiger partial charge in [0.1, 0.15) is 28.7 Å². The van der Waals surface area contributed by atoms with E-state index in [2.05, 4.69) is 25.1 Å². The van der Waals surface area contributed by atoms with E-state index in [1.54, 1.807) is 31.0 Å². The number of aromatic amines is 1.